The summed E-state index contributed by atoms with van der Waals surface area (Å²) >= 11 is 2.93. The maximum atomic E-state index is 10.1. The lowest BCUT2D eigenvalue weighted by molar-refractivity contribution is -0.0230. The molecule has 0 saturated carbocycles. The minimum absolute atomic E-state index is 0.235. The van der Waals surface area contributed by atoms with Crippen LogP contribution in [0.5, 0.6) is 0 Å². The van der Waals surface area contributed by atoms with Gasteiger partial charge in [0.05, 0.1) is 6.33 Å². The van der Waals surface area contributed by atoms with Gasteiger partial charge in [0, 0.05) is 15.9 Å². The number of anilines is 1. The Hall–Kier alpha value is -1.73. The van der Waals surface area contributed by atoms with Crippen molar-refractivity contribution >= 4 is 32.9 Å². The normalized spacial score (nSPS) is 29.4. The number of aliphatic hydroxyl groups is 2. The molecule has 9 heteroatoms. The minimum atomic E-state index is -1.15. The van der Waals surface area contributed by atoms with Crippen molar-refractivity contribution in [1.29, 1.82) is 0 Å². The van der Waals surface area contributed by atoms with Gasteiger partial charge >= 0.3 is 0 Å². The second-order valence-electron chi connectivity index (χ2n) is 4.25. The molecule has 0 amide bonds. The Morgan fingerprint density at radius 1 is 1.30 bits per heavy atom. The highest BCUT2D eigenvalue weighted by molar-refractivity contribution is 9.12. The zero-order valence-electron chi connectivity index (χ0n) is 10.0. The van der Waals surface area contributed by atoms with E-state index in [0.29, 0.717) is 11.2 Å². The molecule has 2 aromatic heterocycles. The molecule has 4 N–H and O–H groups in total. The lowest BCUT2D eigenvalue weighted by Gasteiger charge is -2.16. The van der Waals surface area contributed by atoms with E-state index >= 15 is 0 Å². The standard InChI is InChI=1S/C11H10BrN5O3/c12-2-1-5-7(18)8(19)11(20-5)17-4-16-6-9(13)14-3-15-10(6)17/h3-5,7-8,11,18-19H,(H2,13,14,15). The highest BCUT2D eigenvalue weighted by Crippen LogP contribution is 2.31. The predicted molar refractivity (Wildman–Crippen MR) is 72.4 cm³/mol. The number of rotatable bonds is 1. The summed E-state index contributed by atoms with van der Waals surface area (Å²) in [5.41, 5.74) is 6.52. The maximum absolute atomic E-state index is 10.1. The Bertz CT molecular complexity index is 709. The SMILES string of the molecule is Nc1ncnc2c1ncn2C1OC(C#CBr)C(O)C1O. The van der Waals surface area contributed by atoms with Crippen LogP contribution in [-0.2, 0) is 4.74 Å². The summed E-state index contributed by atoms with van der Waals surface area (Å²) in [5.74, 6) is 2.85. The fourth-order valence-electron chi connectivity index (χ4n) is 2.12. The van der Waals surface area contributed by atoms with Gasteiger partial charge in [0.2, 0.25) is 0 Å². The molecule has 1 saturated heterocycles. The summed E-state index contributed by atoms with van der Waals surface area (Å²) in [6.07, 6.45) is -1.19. The van der Waals surface area contributed by atoms with Gasteiger partial charge in [0.25, 0.3) is 0 Å². The molecule has 0 aromatic carbocycles. The van der Waals surface area contributed by atoms with Gasteiger partial charge in [-0.15, -0.1) is 0 Å². The van der Waals surface area contributed by atoms with E-state index in [-0.39, 0.29) is 5.82 Å². The molecule has 0 bridgehead atoms. The molecule has 8 nitrogen and oxygen atoms in total. The maximum Gasteiger partial charge on any atom is 0.167 e. The number of nitrogen functional groups attached to an aromatic ring is 1. The Labute approximate surface area is 121 Å². The molecule has 3 heterocycles. The molecule has 2 aromatic rings. The number of aromatic nitrogens is 4. The van der Waals surface area contributed by atoms with E-state index in [1.807, 2.05) is 0 Å². The summed E-state index contributed by atoms with van der Waals surface area (Å²) in [5, 5.41) is 20.0. The van der Waals surface area contributed by atoms with Crippen molar-refractivity contribution in [2.24, 2.45) is 0 Å². The van der Waals surface area contributed by atoms with E-state index < -0.39 is 24.5 Å². The lowest BCUT2D eigenvalue weighted by atomic mass is 10.1. The fourth-order valence-corrected chi connectivity index (χ4v) is 2.34. The van der Waals surface area contributed by atoms with Gasteiger partial charge in [-0.05, 0) is 4.83 Å². The molecular weight excluding hydrogens is 330 g/mol. The summed E-state index contributed by atoms with van der Waals surface area (Å²) in [7, 11) is 0. The number of imidazole rings is 1. The van der Waals surface area contributed by atoms with Crippen LogP contribution in [0.4, 0.5) is 5.82 Å². The number of ether oxygens (including phenoxy) is 1. The second-order valence-corrected chi connectivity index (χ2v) is 4.65. The lowest BCUT2D eigenvalue weighted by Crippen LogP contribution is -2.30. The Balaban J connectivity index is 2.03. The van der Waals surface area contributed by atoms with Gasteiger partial charge in [0.1, 0.15) is 30.2 Å². The molecular formula is C11H10BrN5O3. The summed E-state index contributed by atoms with van der Waals surface area (Å²) in [4.78, 5) is 14.5. The monoisotopic (exact) mass is 339 g/mol. The van der Waals surface area contributed by atoms with Crippen molar-refractivity contribution in [3.63, 3.8) is 0 Å². The van der Waals surface area contributed by atoms with Gasteiger partial charge in [-0.25, -0.2) is 15.0 Å². The molecule has 4 atom stereocenters. The van der Waals surface area contributed by atoms with E-state index in [1.54, 1.807) is 0 Å². The van der Waals surface area contributed by atoms with Crippen molar-refractivity contribution in [2.45, 2.75) is 24.5 Å². The molecule has 0 radical (unpaired) electrons. The van der Waals surface area contributed by atoms with Gasteiger partial charge in [-0.1, -0.05) is 5.92 Å². The molecule has 4 unspecified atom stereocenters. The zero-order chi connectivity index (χ0) is 14.3. The number of nitrogens with two attached hydrogens (primary N) is 1. The molecule has 0 spiro atoms. The number of hydrogen-bond donors (Lipinski definition) is 3. The molecule has 0 aliphatic carbocycles. The van der Waals surface area contributed by atoms with E-state index in [2.05, 4.69) is 41.6 Å². The van der Waals surface area contributed by atoms with E-state index in [9.17, 15) is 10.2 Å². The Kier molecular flexibility index (Phi) is 3.31. The number of nitrogens with zero attached hydrogens (tertiary/aromatic N) is 4. The first-order valence-electron chi connectivity index (χ1n) is 5.69. The second kappa shape index (κ2) is 4.99. The molecule has 1 aliphatic heterocycles. The quantitative estimate of drug-likeness (QED) is 0.592. The first-order chi connectivity index (χ1) is 9.63. The van der Waals surface area contributed by atoms with Crippen LogP contribution in [0.2, 0.25) is 0 Å². The van der Waals surface area contributed by atoms with E-state index in [4.69, 9.17) is 10.5 Å². The van der Waals surface area contributed by atoms with Crippen LogP contribution < -0.4 is 5.73 Å². The third-order valence-corrected chi connectivity index (χ3v) is 3.33. The molecule has 20 heavy (non-hydrogen) atoms. The summed E-state index contributed by atoms with van der Waals surface area (Å²) < 4.78 is 7.03. The van der Waals surface area contributed by atoms with Gasteiger partial charge in [-0.3, -0.25) is 4.57 Å². The van der Waals surface area contributed by atoms with Crippen molar-refractivity contribution in [3.8, 4) is 10.8 Å². The largest absolute Gasteiger partial charge is 0.386 e. The van der Waals surface area contributed by atoms with Crippen LogP contribution in [0.25, 0.3) is 11.2 Å². The summed E-state index contributed by atoms with van der Waals surface area (Å²) in [6.45, 7) is 0. The Morgan fingerprint density at radius 3 is 2.85 bits per heavy atom. The Morgan fingerprint density at radius 2 is 2.10 bits per heavy atom. The highest BCUT2D eigenvalue weighted by atomic mass is 79.9. The fraction of sp³-hybridized carbons (Fsp3) is 0.364. The molecule has 1 aliphatic rings. The number of fused-ring (bicyclic) bond motifs is 1. The highest BCUT2D eigenvalue weighted by Gasteiger charge is 2.43. The van der Waals surface area contributed by atoms with Crippen LogP contribution in [0, 0.1) is 10.8 Å². The van der Waals surface area contributed by atoms with Crippen molar-refractivity contribution in [2.75, 3.05) is 5.73 Å². The predicted octanol–water partition coefficient (Wildman–Crippen LogP) is -0.617. The van der Waals surface area contributed by atoms with Crippen LogP contribution in [0.15, 0.2) is 12.7 Å². The third-order valence-electron chi connectivity index (χ3n) is 3.10. The average Bonchev–Trinajstić information content (AvgIpc) is 2.97. The van der Waals surface area contributed by atoms with Crippen LogP contribution in [0.3, 0.4) is 0 Å². The van der Waals surface area contributed by atoms with E-state index in [1.165, 1.54) is 17.2 Å². The van der Waals surface area contributed by atoms with Gasteiger partial charge < -0.3 is 20.7 Å². The van der Waals surface area contributed by atoms with Crippen molar-refractivity contribution < 1.29 is 14.9 Å². The minimum Gasteiger partial charge on any atom is -0.386 e. The van der Waals surface area contributed by atoms with Crippen LogP contribution >= 0.6 is 15.9 Å². The van der Waals surface area contributed by atoms with Crippen molar-refractivity contribution in [1.82, 2.24) is 19.5 Å². The first kappa shape index (κ1) is 13.3. The number of halogens is 1. The van der Waals surface area contributed by atoms with Crippen molar-refractivity contribution in [3.05, 3.63) is 12.7 Å². The van der Waals surface area contributed by atoms with E-state index in [0.717, 1.165) is 0 Å². The average molecular weight is 340 g/mol. The topological polar surface area (TPSA) is 119 Å². The first-order valence-corrected chi connectivity index (χ1v) is 6.48. The molecule has 3 rings (SSSR count). The van der Waals surface area contributed by atoms with Crippen LogP contribution in [-0.4, -0.2) is 48.0 Å². The van der Waals surface area contributed by atoms with Gasteiger partial charge in [0.15, 0.2) is 17.7 Å². The third kappa shape index (κ3) is 1.94. The van der Waals surface area contributed by atoms with Gasteiger partial charge in [-0.2, -0.15) is 0 Å². The summed E-state index contributed by atoms with van der Waals surface area (Å²) in [6, 6.07) is 0. The molecule has 1 fully saturated rings. The van der Waals surface area contributed by atoms with Crippen LogP contribution in [0.1, 0.15) is 6.23 Å². The zero-order valence-corrected chi connectivity index (χ0v) is 11.6. The number of aliphatic hydroxyl groups excluding tert-OH is 2. The molecule has 104 valence electrons. The smallest absolute Gasteiger partial charge is 0.167 e. The number of hydrogen-bond acceptors (Lipinski definition) is 7.